The Kier molecular flexibility index (Phi) is 4.88. The minimum atomic E-state index is 0.823. The first-order valence-electron chi connectivity index (χ1n) is 5.29. The Morgan fingerprint density at radius 1 is 1.47 bits per heavy atom. The van der Waals surface area contributed by atoms with Crippen molar-refractivity contribution in [3.63, 3.8) is 0 Å². The molecule has 2 rings (SSSR count). The first-order chi connectivity index (χ1) is 7.36. The lowest BCUT2D eigenvalue weighted by Gasteiger charge is -2.21. The molecule has 15 heavy (non-hydrogen) atoms. The number of hydrogen-bond acceptors (Lipinski definition) is 4. The van der Waals surface area contributed by atoms with Crippen LogP contribution in [-0.4, -0.2) is 29.1 Å². The summed E-state index contributed by atoms with van der Waals surface area (Å²) in [6.07, 6.45) is 0. The van der Waals surface area contributed by atoms with Crippen LogP contribution in [0.4, 0.5) is 0 Å². The molecule has 84 valence electrons. The molecule has 1 aliphatic rings. The zero-order valence-corrected chi connectivity index (χ0v) is 11.4. The van der Waals surface area contributed by atoms with E-state index < -0.39 is 0 Å². The third-order valence-corrected chi connectivity index (χ3v) is 6.38. The summed E-state index contributed by atoms with van der Waals surface area (Å²) in [6.45, 7) is 4.40. The molecule has 1 unspecified atom stereocenters. The molecule has 0 saturated carbocycles. The topological polar surface area (TPSA) is 12.0 Å². The third kappa shape index (κ3) is 3.70. The Morgan fingerprint density at radius 2 is 2.40 bits per heavy atom. The van der Waals surface area contributed by atoms with Gasteiger partial charge in [0.2, 0.25) is 0 Å². The van der Waals surface area contributed by atoms with Crippen LogP contribution < -0.4 is 5.32 Å². The predicted molar refractivity (Wildman–Crippen MR) is 74.3 cm³/mol. The van der Waals surface area contributed by atoms with E-state index >= 15 is 0 Å². The molecular formula is C11H17NS3. The minimum absolute atomic E-state index is 0.823. The quantitative estimate of drug-likeness (QED) is 0.893. The van der Waals surface area contributed by atoms with Crippen molar-refractivity contribution in [1.82, 2.24) is 5.32 Å². The molecule has 1 nitrogen and oxygen atoms in total. The highest BCUT2D eigenvalue weighted by atomic mass is 32.2. The van der Waals surface area contributed by atoms with Gasteiger partial charge in [0.05, 0.1) is 0 Å². The summed E-state index contributed by atoms with van der Waals surface area (Å²) in [7, 11) is 0. The molecule has 1 aromatic rings. The summed E-state index contributed by atoms with van der Waals surface area (Å²) < 4.78 is 0. The summed E-state index contributed by atoms with van der Waals surface area (Å²) in [5, 5.41) is 6.58. The van der Waals surface area contributed by atoms with Crippen LogP contribution in [0.25, 0.3) is 0 Å². The average molecular weight is 259 g/mol. The number of rotatable bonds is 4. The first kappa shape index (κ1) is 11.8. The van der Waals surface area contributed by atoms with Gasteiger partial charge in [0.25, 0.3) is 0 Å². The Bertz CT molecular complexity index is 292. The van der Waals surface area contributed by atoms with E-state index in [4.69, 9.17) is 0 Å². The Morgan fingerprint density at radius 3 is 3.07 bits per heavy atom. The number of nitrogens with one attached hydrogen (secondary N) is 1. The van der Waals surface area contributed by atoms with Crippen molar-refractivity contribution < 1.29 is 0 Å². The van der Waals surface area contributed by atoms with Crippen molar-refractivity contribution in [2.75, 3.05) is 23.8 Å². The molecule has 0 spiro atoms. The lowest BCUT2D eigenvalue weighted by Crippen LogP contribution is -2.28. The van der Waals surface area contributed by atoms with Gasteiger partial charge in [-0.2, -0.15) is 23.5 Å². The van der Waals surface area contributed by atoms with E-state index in [-0.39, 0.29) is 0 Å². The average Bonchev–Trinajstić information content (AvgIpc) is 2.66. The van der Waals surface area contributed by atoms with E-state index in [1.807, 2.05) is 11.3 Å². The van der Waals surface area contributed by atoms with Crippen LogP contribution >= 0.6 is 34.9 Å². The van der Waals surface area contributed by atoms with Crippen molar-refractivity contribution in [3.05, 3.63) is 21.9 Å². The number of thioether (sulfide) groups is 2. The van der Waals surface area contributed by atoms with Crippen LogP contribution in [0.5, 0.6) is 0 Å². The van der Waals surface area contributed by atoms with Crippen molar-refractivity contribution >= 4 is 34.9 Å². The van der Waals surface area contributed by atoms with Gasteiger partial charge in [-0.25, -0.2) is 0 Å². The molecule has 1 saturated heterocycles. The predicted octanol–water partition coefficient (Wildman–Crippen LogP) is 2.99. The molecule has 4 heteroatoms. The summed E-state index contributed by atoms with van der Waals surface area (Å²) >= 11 is 6.08. The monoisotopic (exact) mass is 259 g/mol. The lowest BCUT2D eigenvalue weighted by atomic mass is 10.3. The van der Waals surface area contributed by atoms with Gasteiger partial charge in [-0.15, -0.1) is 11.3 Å². The van der Waals surface area contributed by atoms with Crippen molar-refractivity contribution in [3.8, 4) is 0 Å². The van der Waals surface area contributed by atoms with Crippen LogP contribution in [0.15, 0.2) is 11.4 Å². The molecule has 0 radical (unpaired) electrons. The number of aryl methyl sites for hydroxylation is 1. The van der Waals surface area contributed by atoms with Crippen molar-refractivity contribution in [2.45, 2.75) is 18.7 Å². The summed E-state index contributed by atoms with van der Waals surface area (Å²) in [5.41, 5.74) is 1.43. The second-order valence-electron chi connectivity index (χ2n) is 3.73. The zero-order valence-electron chi connectivity index (χ0n) is 8.99. The molecule has 0 amide bonds. The SMILES string of the molecule is Cc1ccsc1CNCC1CSCCS1. The molecule has 0 aromatic carbocycles. The smallest absolute Gasteiger partial charge is 0.0302 e. The summed E-state index contributed by atoms with van der Waals surface area (Å²) in [4.78, 5) is 1.49. The van der Waals surface area contributed by atoms with E-state index in [1.54, 1.807) is 0 Å². The Hall–Kier alpha value is 0.360. The second kappa shape index (κ2) is 6.18. The van der Waals surface area contributed by atoms with E-state index in [9.17, 15) is 0 Å². The fraction of sp³-hybridized carbons (Fsp3) is 0.636. The maximum Gasteiger partial charge on any atom is 0.0302 e. The molecule has 0 bridgehead atoms. The molecular weight excluding hydrogens is 242 g/mol. The summed E-state index contributed by atoms with van der Waals surface area (Å²) in [5.74, 6) is 3.99. The van der Waals surface area contributed by atoms with Gasteiger partial charge >= 0.3 is 0 Å². The van der Waals surface area contributed by atoms with Gasteiger partial charge in [-0.1, -0.05) is 0 Å². The van der Waals surface area contributed by atoms with E-state index in [1.165, 1.54) is 27.7 Å². The van der Waals surface area contributed by atoms with Gasteiger partial charge in [0.1, 0.15) is 0 Å². The maximum absolute atomic E-state index is 3.57. The highest BCUT2D eigenvalue weighted by Gasteiger charge is 2.13. The normalized spacial score (nSPS) is 21.8. The number of hydrogen-bond donors (Lipinski definition) is 1. The lowest BCUT2D eigenvalue weighted by molar-refractivity contribution is 0.691. The van der Waals surface area contributed by atoms with Gasteiger partial charge < -0.3 is 5.32 Å². The molecule has 1 aromatic heterocycles. The Balaban J connectivity index is 1.68. The zero-order chi connectivity index (χ0) is 10.5. The molecule has 2 heterocycles. The van der Waals surface area contributed by atoms with Gasteiger partial charge in [-0.05, 0) is 23.9 Å². The second-order valence-corrected chi connectivity index (χ2v) is 7.28. The third-order valence-electron chi connectivity index (χ3n) is 2.51. The van der Waals surface area contributed by atoms with Crippen LogP contribution in [0.1, 0.15) is 10.4 Å². The van der Waals surface area contributed by atoms with Crippen LogP contribution in [0.2, 0.25) is 0 Å². The van der Waals surface area contributed by atoms with Crippen LogP contribution in [0, 0.1) is 6.92 Å². The van der Waals surface area contributed by atoms with E-state index in [2.05, 4.69) is 47.2 Å². The van der Waals surface area contributed by atoms with Gasteiger partial charge in [0, 0.05) is 40.5 Å². The number of thiophene rings is 1. The molecule has 1 N–H and O–H groups in total. The van der Waals surface area contributed by atoms with Crippen molar-refractivity contribution in [2.24, 2.45) is 0 Å². The van der Waals surface area contributed by atoms with Crippen LogP contribution in [0.3, 0.4) is 0 Å². The fourth-order valence-electron chi connectivity index (χ4n) is 1.59. The van der Waals surface area contributed by atoms with Crippen molar-refractivity contribution in [1.29, 1.82) is 0 Å². The highest BCUT2D eigenvalue weighted by molar-refractivity contribution is 8.06. The minimum Gasteiger partial charge on any atom is -0.311 e. The first-order valence-corrected chi connectivity index (χ1v) is 8.37. The molecule has 1 atom stereocenters. The van der Waals surface area contributed by atoms with Crippen LogP contribution in [-0.2, 0) is 6.54 Å². The summed E-state index contributed by atoms with van der Waals surface area (Å²) in [6, 6.07) is 2.20. The molecule has 1 aliphatic heterocycles. The molecule has 1 fully saturated rings. The van der Waals surface area contributed by atoms with E-state index in [0.717, 1.165) is 18.3 Å². The largest absolute Gasteiger partial charge is 0.311 e. The Labute approximate surface area is 104 Å². The highest BCUT2D eigenvalue weighted by Crippen LogP contribution is 2.23. The van der Waals surface area contributed by atoms with Gasteiger partial charge in [-0.3, -0.25) is 0 Å². The van der Waals surface area contributed by atoms with E-state index in [0.29, 0.717) is 0 Å². The molecule has 0 aliphatic carbocycles. The maximum atomic E-state index is 3.57. The standard InChI is InChI=1S/C11H17NS3/c1-9-2-3-15-11(9)7-12-6-10-8-13-4-5-14-10/h2-3,10,12H,4-8H2,1H3. The fourth-order valence-corrected chi connectivity index (χ4v) is 5.11. The van der Waals surface area contributed by atoms with Gasteiger partial charge in [0.15, 0.2) is 0 Å².